The third kappa shape index (κ3) is 52.9. The highest BCUT2D eigenvalue weighted by atomic mass is 16.5. The first-order valence-electron chi connectivity index (χ1n) is 39.8. The molecule has 0 amide bonds. The number of carbonyl (C=O) groups excluding carboxylic acids is 5. The Morgan fingerprint density at radius 1 is 0.314 bits per heavy atom. The Morgan fingerprint density at radius 2 is 0.608 bits per heavy atom. The maximum absolute atomic E-state index is 11.4. The maximum atomic E-state index is 11.4. The van der Waals surface area contributed by atoms with Crippen LogP contribution in [-0.2, 0) is 47.7 Å². The van der Waals surface area contributed by atoms with Crippen LogP contribution in [0.4, 0.5) is 0 Å². The summed E-state index contributed by atoms with van der Waals surface area (Å²) in [4.78, 5) is 55.9. The number of hydrogen-bond donors (Lipinski definition) is 0. The smallest absolute Gasteiger partial charge is 0.330 e. The summed E-state index contributed by atoms with van der Waals surface area (Å²) in [6.07, 6.45) is 27.8. The molecule has 0 bridgehead atoms. The van der Waals surface area contributed by atoms with Crippen molar-refractivity contribution in [1.82, 2.24) is 0 Å². The second-order valence-electron chi connectivity index (χ2n) is 41.8. The molecule has 602 valence electrons. The molecule has 0 rings (SSSR count). The topological polar surface area (TPSA) is 132 Å². The van der Waals surface area contributed by atoms with Crippen LogP contribution < -0.4 is 0 Å². The van der Waals surface area contributed by atoms with E-state index in [2.05, 4.69) is 275 Å². The molecule has 0 saturated carbocycles. The van der Waals surface area contributed by atoms with Gasteiger partial charge >= 0.3 is 29.8 Å². The molecule has 0 radical (unpaired) electrons. The molecule has 0 aliphatic rings. The first kappa shape index (κ1) is 107. The van der Waals surface area contributed by atoms with Gasteiger partial charge in [0, 0.05) is 30.4 Å². The number of carbonyl (C=O) groups is 5. The lowest BCUT2D eigenvalue weighted by Gasteiger charge is -2.61. The van der Waals surface area contributed by atoms with E-state index < -0.39 is 0 Å². The molecular weight excluding hydrogens is 1270 g/mol. The summed E-state index contributed by atoms with van der Waals surface area (Å²) in [5.41, 5.74) is 3.08. The Kier molecular flexibility index (Phi) is 51.3. The van der Waals surface area contributed by atoms with Crippen LogP contribution in [0.1, 0.15) is 364 Å². The molecule has 0 heterocycles. The van der Waals surface area contributed by atoms with Gasteiger partial charge in [0.25, 0.3) is 0 Å². The molecule has 0 aliphatic carbocycles. The Bertz CT molecular complexity index is 2260. The summed E-state index contributed by atoms with van der Waals surface area (Å²) in [5, 5.41) is 0. The molecule has 0 N–H and O–H groups in total. The van der Waals surface area contributed by atoms with Gasteiger partial charge in [0.2, 0.25) is 0 Å². The van der Waals surface area contributed by atoms with E-state index in [1.165, 1.54) is 81.7 Å². The fraction of sp³-hybridized carbons (Fsp3) is 0.837. The first-order valence-corrected chi connectivity index (χ1v) is 39.8. The van der Waals surface area contributed by atoms with Gasteiger partial charge in [0.05, 0.1) is 33.0 Å². The summed E-state index contributed by atoms with van der Waals surface area (Å²) >= 11 is 0. The van der Waals surface area contributed by atoms with Gasteiger partial charge < -0.3 is 23.7 Å². The largest absolute Gasteiger partial charge is 0.463 e. The lowest BCUT2D eigenvalue weighted by molar-refractivity contribution is -0.143. The van der Waals surface area contributed by atoms with Crippen LogP contribution in [0.2, 0.25) is 0 Å². The zero-order valence-corrected chi connectivity index (χ0v) is 74.4. The normalized spacial score (nSPS) is 14.3. The van der Waals surface area contributed by atoms with Gasteiger partial charge in [-0.05, 0) is 190 Å². The fourth-order valence-electron chi connectivity index (χ4n) is 16.2. The molecule has 0 spiro atoms. The highest BCUT2D eigenvalue weighted by Gasteiger charge is 2.56. The first-order chi connectivity index (χ1) is 45.8. The van der Waals surface area contributed by atoms with E-state index in [0.717, 1.165) is 76.5 Å². The van der Waals surface area contributed by atoms with Crippen molar-refractivity contribution in [3.63, 3.8) is 0 Å². The molecule has 10 nitrogen and oxygen atoms in total. The summed E-state index contributed by atoms with van der Waals surface area (Å²) in [7, 11) is 0. The van der Waals surface area contributed by atoms with Crippen LogP contribution in [0.5, 0.6) is 0 Å². The molecule has 5 atom stereocenters. The molecule has 10 heteroatoms. The van der Waals surface area contributed by atoms with Gasteiger partial charge in [-0.1, -0.05) is 307 Å². The number of hydrogen-bond acceptors (Lipinski definition) is 10. The van der Waals surface area contributed by atoms with Crippen molar-refractivity contribution < 1.29 is 47.7 Å². The minimum Gasteiger partial charge on any atom is -0.463 e. The number of ether oxygens (including phenoxy) is 5. The predicted octanol–water partition coefficient (Wildman–Crippen LogP) is 27.2. The highest BCUT2D eigenvalue weighted by Crippen LogP contribution is 2.64. The van der Waals surface area contributed by atoms with E-state index in [0.29, 0.717) is 89.7 Å². The number of esters is 5. The molecule has 0 aromatic heterocycles. The van der Waals surface area contributed by atoms with E-state index in [1.54, 1.807) is 0 Å². The zero-order chi connectivity index (χ0) is 81.4. The van der Waals surface area contributed by atoms with Gasteiger partial charge in [0.15, 0.2) is 0 Å². The third-order valence-corrected chi connectivity index (χ3v) is 20.9. The van der Waals surface area contributed by atoms with Crippen LogP contribution >= 0.6 is 0 Å². The van der Waals surface area contributed by atoms with Crippen LogP contribution in [0.15, 0.2) is 63.3 Å². The molecule has 0 saturated heterocycles. The van der Waals surface area contributed by atoms with Gasteiger partial charge in [0.1, 0.15) is 0 Å². The van der Waals surface area contributed by atoms with E-state index in [4.69, 9.17) is 23.7 Å². The van der Waals surface area contributed by atoms with Crippen molar-refractivity contribution >= 4 is 29.8 Å². The van der Waals surface area contributed by atoms with E-state index in [-0.39, 0.29) is 67.8 Å². The second kappa shape index (κ2) is 49.1. The third-order valence-electron chi connectivity index (χ3n) is 20.9. The van der Waals surface area contributed by atoms with Crippen LogP contribution in [0.3, 0.4) is 0 Å². The van der Waals surface area contributed by atoms with Crippen molar-refractivity contribution in [2.24, 2.45) is 100 Å². The lowest BCUT2D eigenvalue weighted by Crippen LogP contribution is -2.54. The summed E-state index contributed by atoms with van der Waals surface area (Å²) in [5.74, 6) is 1.83. The average molecular weight is 1440 g/mol. The summed E-state index contributed by atoms with van der Waals surface area (Å²) in [6.45, 7) is 100. The highest BCUT2D eigenvalue weighted by molar-refractivity contribution is 5.82. The molecule has 102 heavy (non-hydrogen) atoms. The van der Waals surface area contributed by atoms with Crippen LogP contribution in [-0.4, -0.2) is 62.9 Å². The van der Waals surface area contributed by atoms with Crippen LogP contribution in [0, 0.1) is 100 Å². The quantitative estimate of drug-likeness (QED) is 0.0256. The Labute approximate surface area is 635 Å². The zero-order valence-electron chi connectivity index (χ0n) is 74.4. The standard InChI is InChI=1S/C21H40O2.2C19H36O2.C17H32O2.C16H30O2/c1-10-19(22)23-15-18(17(3)14-21(7,8)9)12-11-16(2)13-20(4,5)6;1-11-15(20)21-14-12-13-19(16(2,3)4,17(5,6)7)18(8,9)10;1-8-17(20)21-15-16(11-9-13-18(2,3)4)12-10-14-19(5,6)7;1-7-9-15(13-19-16(18)8-2)11-10-14(3)12-17(4,5)6;1-9-13(17)18-12-10-11-16(8,14(2,3)4)15(5,6)7/h10,16-18H,1,11-15H2,2-9H3;11H,1,12-14H2,2-10H3;8,16H,1,9-15H2,2-7H3;8,14-15H,2,7,9-13H2,1,3-6H3;9H,1,10-12H2,2-8H3. The monoisotopic (exact) mass is 1440 g/mol. The molecule has 5 unspecified atom stereocenters. The predicted molar refractivity (Wildman–Crippen MR) is 442 cm³/mol. The molecule has 0 aromatic carbocycles. The van der Waals surface area contributed by atoms with Gasteiger partial charge in [-0.15, -0.1) is 0 Å². The molecule has 0 aliphatic heterocycles. The van der Waals surface area contributed by atoms with E-state index >= 15 is 0 Å². The minimum absolute atomic E-state index is 0.133. The Morgan fingerprint density at radius 3 is 0.892 bits per heavy atom. The SMILES string of the molecule is C=CC(=O)OCC(CCC(C)CC(C)(C)C)C(C)CC(C)(C)C.C=CC(=O)OCC(CCC)CCC(C)CC(C)(C)C.C=CC(=O)OCC(CCCC(C)(C)C)CCCC(C)(C)C.C=CC(=O)OCCCC(C(C)(C)C)(C(C)(C)C)C(C)(C)C.C=CC(=O)OCCCC(C)(C(C)(C)C)C(C)(C)C. The van der Waals surface area contributed by atoms with Crippen molar-refractivity contribution in [2.75, 3.05) is 33.0 Å². The average Bonchev–Trinajstić information content (AvgIpc) is 0.731. The lowest BCUT2D eigenvalue weighted by atomic mass is 9.43. The van der Waals surface area contributed by atoms with Crippen molar-refractivity contribution in [3.8, 4) is 0 Å². The van der Waals surface area contributed by atoms with E-state index in [1.807, 2.05) is 0 Å². The molecular formula is C92H174O10. The summed E-state index contributed by atoms with van der Waals surface area (Å²) in [6, 6.07) is 0. The Balaban J connectivity index is -0.000000385. The van der Waals surface area contributed by atoms with Gasteiger partial charge in [-0.3, -0.25) is 0 Å². The van der Waals surface area contributed by atoms with Gasteiger partial charge in [-0.25, -0.2) is 24.0 Å². The molecule has 0 fully saturated rings. The van der Waals surface area contributed by atoms with Crippen molar-refractivity contribution in [1.29, 1.82) is 0 Å². The molecule has 0 aromatic rings. The van der Waals surface area contributed by atoms with Gasteiger partial charge in [-0.2, -0.15) is 0 Å². The minimum atomic E-state index is -0.331. The number of rotatable bonds is 37. The fourth-order valence-corrected chi connectivity index (χ4v) is 16.2. The van der Waals surface area contributed by atoms with E-state index in [9.17, 15) is 24.0 Å². The maximum Gasteiger partial charge on any atom is 0.330 e. The Hall–Kier alpha value is -3.95. The summed E-state index contributed by atoms with van der Waals surface area (Å²) < 4.78 is 26.0. The van der Waals surface area contributed by atoms with Crippen molar-refractivity contribution in [2.45, 2.75) is 364 Å². The second-order valence-corrected chi connectivity index (χ2v) is 41.8. The van der Waals surface area contributed by atoms with Crippen molar-refractivity contribution in [3.05, 3.63) is 63.3 Å². The van der Waals surface area contributed by atoms with Crippen LogP contribution in [0.25, 0.3) is 0 Å².